The maximum Gasteiger partial charge on any atom is 0.352 e. The topological polar surface area (TPSA) is 57.5 Å². The average Bonchev–Trinajstić information content (AvgIpc) is 3.33. The Morgan fingerprint density at radius 1 is 1.29 bits per heavy atom. The molecule has 0 bridgehead atoms. The number of carboxylic acids is 1. The van der Waals surface area contributed by atoms with Crippen LogP contribution < -0.4 is 5.32 Å². The highest BCUT2D eigenvalue weighted by molar-refractivity contribution is 6.31. The number of carboxylic acid groups (broad SMARTS) is 1. The van der Waals surface area contributed by atoms with Crippen LogP contribution in [0.2, 0.25) is 5.02 Å². The molecule has 0 saturated carbocycles. The van der Waals surface area contributed by atoms with Crippen molar-refractivity contribution in [2.75, 3.05) is 19.6 Å². The number of likely N-dealkylation sites (N-methyl/N-ethyl adjacent to an activating group) is 1. The second-order valence-corrected chi connectivity index (χ2v) is 8.43. The van der Waals surface area contributed by atoms with E-state index >= 15 is 0 Å². The molecule has 2 heterocycles. The number of aromatic carboxylic acids is 1. The minimum atomic E-state index is -0.984. The molecule has 0 aliphatic carbocycles. The van der Waals surface area contributed by atoms with Crippen LogP contribution in [0.3, 0.4) is 0 Å². The highest BCUT2D eigenvalue weighted by Crippen LogP contribution is 2.29. The molecule has 2 aromatic carbocycles. The summed E-state index contributed by atoms with van der Waals surface area (Å²) < 4.78 is 15.2. The highest BCUT2D eigenvalue weighted by atomic mass is 35.5. The van der Waals surface area contributed by atoms with E-state index in [0.29, 0.717) is 18.2 Å². The minimum absolute atomic E-state index is 0.243. The van der Waals surface area contributed by atoms with Crippen LogP contribution in [0.25, 0.3) is 10.9 Å². The number of rotatable bonds is 8. The first kappa shape index (κ1) is 21.8. The van der Waals surface area contributed by atoms with Gasteiger partial charge in [0, 0.05) is 47.2 Å². The molecule has 4 rings (SSSR count). The van der Waals surface area contributed by atoms with Gasteiger partial charge in [0.05, 0.1) is 0 Å². The lowest BCUT2D eigenvalue weighted by Gasteiger charge is -2.23. The second-order valence-electron chi connectivity index (χ2n) is 8.03. The van der Waals surface area contributed by atoms with Crippen molar-refractivity contribution in [3.63, 3.8) is 0 Å². The van der Waals surface area contributed by atoms with Gasteiger partial charge < -0.3 is 15.0 Å². The third-order valence-corrected chi connectivity index (χ3v) is 6.56. The van der Waals surface area contributed by atoms with E-state index in [-0.39, 0.29) is 17.3 Å². The van der Waals surface area contributed by atoms with Crippen LogP contribution >= 0.6 is 11.6 Å². The van der Waals surface area contributed by atoms with E-state index in [0.717, 1.165) is 42.5 Å². The summed E-state index contributed by atoms with van der Waals surface area (Å²) in [5.74, 6) is -1.40. The summed E-state index contributed by atoms with van der Waals surface area (Å²) in [5.41, 5.74) is 2.51. The van der Waals surface area contributed by atoms with Gasteiger partial charge in [-0.25, -0.2) is 9.18 Å². The molecule has 1 unspecified atom stereocenters. The van der Waals surface area contributed by atoms with E-state index in [1.54, 1.807) is 10.6 Å². The SMILES string of the molecule is CCN1CCCC1CNCc1c(C(=O)O)n(Cc2ccc(F)cc2Cl)c2ccccc12. The number of carbonyl (C=O) groups is 1. The zero-order valence-corrected chi connectivity index (χ0v) is 18.3. The van der Waals surface area contributed by atoms with Crippen molar-refractivity contribution in [1.82, 2.24) is 14.8 Å². The summed E-state index contributed by atoms with van der Waals surface area (Å²) in [4.78, 5) is 14.8. The lowest BCUT2D eigenvalue weighted by Crippen LogP contribution is -2.37. The van der Waals surface area contributed by atoms with Crippen molar-refractivity contribution in [2.45, 2.75) is 38.9 Å². The van der Waals surface area contributed by atoms with Gasteiger partial charge in [0.1, 0.15) is 11.5 Å². The molecule has 1 saturated heterocycles. The number of hydrogen-bond donors (Lipinski definition) is 2. The number of nitrogens with zero attached hydrogens (tertiary/aromatic N) is 2. The molecule has 1 aliphatic heterocycles. The maximum absolute atomic E-state index is 13.5. The van der Waals surface area contributed by atoms with E-state index in [2.05, 4.69) is 17.1 Å². The molecule has 7 heteroatoms. The molecule has 0 amide bonds. The summed E-state index contributed by atoms with van der Waals surface area (Å²) in [6.45, 7) is 5.89. The first-order chi connectivity index (χ1) is 15.0. The van der Waals surface area contributed by atoms with Gasteiger partial charge >= 0.3 is 5.97 Å². The average molecular weight is 444 g/mol. The van der Waals surface area contributed by atoms with Gasteiger partial charge in [-0.05, 0) is 49.7 Å². The van der Waals surface area contributed by atoms with E-state index in [1.807, 2.05) is 24.3 Å². The van der Waals surface area contributed by atoms with Gasteiger partial charge in [-0.2, -0.15) is 0 Å². The number of likely N-dealkylation sites (tertiary alicyclic amines) is 1. The predicted octanol–water partition coefficient (Wildman–Crippen LogP) is 4.75. The smallest absolute Gasteiger partial charge is 0.352 e. The molecular weight excluding hydrogens is 417 g/mol. The summed E-state index contributed by atoms with van der Waals surface area (Å²) in [6, 6.07) is 12.4. The van der Waals surface area contributed by atoms with Gasteiger partial charge in [-0.1, -0.05) is 42.8 Å². The van der Waals surface area contributed by atoms with Gasteiger partial charge in [0.15, 0.2) is 0 Å². The molecule has 1 aromatic heterocycles. The zero-order valence-electron chi connectivity index (χ0n) is 17.6. The van der Waals surface area contributed by atoms with Crippen molar-refractivity contribution < 1.29 is 14.3 Å². The molecule has 31 heavy (non-hydrogen) atoms. The number of hydrogen-bond acceptors (Lipinski definition) is 3. The number of fused-ring (bicyclic) bond motifs is 1. The Balaban J connectivity index is 1.66. The quantitative estimate of drug-likeness (QED) is 0.527. The van der Waals surface area contributed by atoms with E-state index in [1.165, 1.54) is 18.6 Å². The Morgan fingerprint density at radius 3 is 2.84 bits per heavy atom. The first-order valence-electron chi connectivity index (χ1n) is 10.7. The fourth-order valence-electron chi connectivity index (χ4n) is 4.69. The fourth-order valence-corrected chi connectivity index (χ4v) is 4.92. The number of aromatic nitrogens is 1. The van der Waals surface area contributed by atoms with Crippen LogP contribution in [-0.2, 0) is 13.1 Å². The van der Waals surface area contributed by atoms with Crippen LogP contribution in [0, 0.1) is 5.82 Å². The fraction of sp³-hybridized carbons (Fsp3) is 0.375. The van der Waals surface area contributed by atoms with Crippen molar-refractivity contribution in [1.29, 1.82) is 0 Å². The lowest BCUT2D eigenvalue weighted by molar-refractivity contribution is 0.0684. The molecule has 5 nitrogen and oxygen atoms in total. The van der Waals surface area contributed by atoms with Crippen molar-refractivity contribution in [3.05, 3.63) is 70.1 Å². The third-order valence-electron chi connectivity index (χ3n) is 6.21. The zero-order chi connectivity index (χ0) is 22.0. The van der Waals surface area contributed by atoms with Gasteiger partial charge in [-0.3, -0.25) is 4.90 Å². The number of halogens is 2. The van der Waals surface area contributed by atoms with Crippen molar-refractivity contribution in [2.24, 2.45) is 0 Å². The van der Waals surface area contributed by atoms with Gasteiger partial charge in [-0.15, -0.1) is 0 Å². The van der Waals surface area contributed by atoms with E-state index < -0.39 is 11.8 Å². The van der Waals surface area contributed by atoms with E-state index in [4.69, 9.17) is 11.6 Å². The van der Waals surface area contributed by atoms with Crippen molar-refractivity contribution in [3.8, 4) is 0 Å². The summed E-state index contributed by atoms with van der Waals surface area (Å²) in [5, 5.41) is 14.8. The van der Waals surface area contributed by atoms with Crippen LogP contribution in [0.15, 0.2) is 42.5 Å². The maximum atomic E-state index is 13.5. The monoisotopic (exact) mass is 443 g/mol. The third kappa shape index (κ3) is 4.47. The molecule has 1 fully saturated rings. The van der Waals surface area contributed by atoms with E-state index in [9.17, 15) is 14.3 Å². The first-order valence-corrected chi connectivity index (χ1v) is 11.1. The van der Waals surface area contributed by atoms with Crippen LogP contribution in [-0.4, -0.2) is 46.2 Å². The normalized spacial score (nSPS) is 16.9. The Labute approximate surface area is 186 Å². The Bertz CT molecular complexity index is 1100. The molecule has 0 radical (unpaired) electrons. The molecule has 1 aliphatic rings. The summed E-state index contributed by atoms with van der Waals surface area (Å²) in [7, 11) is 0. The summed E-state index contributed by atoms with van der Waals surface area (Å²) >= 11 is 6.24. The predicted molar refractivity (Wildman–Crippen MR) is 121 cm³/mol. The number of para-hydroxylation sites is 1. The minimum Gasteiger partial charge on any atom is -0.477 e. The number of nitrogens with one attached hydrogen (secondary N) is 1. The second kappa shape index (κ2) is 9.39. The Hall–Kier alpha value is -2.41. The molecular formula is C24H27ClFN3O2. The number of benzene rings is 2. The van der Waals surface area contributed by atoms with Crippen LogP contribution in [0.5, 0.6) is 0 Å². The van der Waals surface area contributed by atoms with Crippen molar-refractivity contribution >= 4 is 28.5 Å². The molecule has 0 spiro atoms. The molecule has 3 aromatic rings. The molecule has 1 atom stereocenters. The van der Waals surface area contributed by atoms with Gasteiger partial charge in [0.2, 0.25) is 0 Å². The standard InChI is InChI=1S/C24H27ClFN3O2/c1-2-28-11-5-6-18(28)13-27-14-20-19-7-3-4-8-22(19)29(23(20)24(30)31)15-16-9-10-17(26)12-21(16)25/h3-4,7-10,12,18,27H,2,5-6,11,13-15H2,1H3,(H,30,31). The Kier molecular flexibility index (Phi) is 6.60. The highest BCUT2D eigenvalue weighted by Gasteiger charge is 2.25. The molecule has 2 N–H and O–H groups in total. The van der Waals surface area contributed by atoms with Gasteiger partial charge in [0.25, 0.3) is 0 Å². The largest absolute Gasteiger partial charge is 0.477 e. The lowest BCUT2D eigenvalue weighted by atomic mass is 10.1. The molecule has 164 valence electrons. The van der Waals surface area contributed by atoms with Crippen LogP contribution in [0.4, 0.5) is 4.39 Å². The van der Waals surface area contributed by atoms with Crippen LogP contribution in [0.1, 0.15) is 41.4 Å². The Morgan fingerprint density at radius 2 is 2.10 bits per heavy atom. The summed E-state index contributed by atoms with van der Waals surface area (Å²) in [6.07, 6.45) is 2.37.